The molecule has 0 fully saturated rings. The number of rotatable bonds is 5. The van der Waals surface area contributed by atoms with Crippen molar-refractivity contribution < 1.29 is 4.79 Å². The van der Waals surface area contributed by atoms with Gasteiger partial charge in [-0.3, -0.25) is 9.79 Å². The summed E-state index contributed by atoms with van der Waals surface area (Å²) in [6.07, 6.45) is 0. The lowest BCUT2D eigenvalue weighted by Gasteiger charge is -2.21. The van der Waals surface area contributed by atoms with Crippen LogP contribution in [0.3, 0.4) is 0 Å². The lowest BCUT2D eigenvalue weighted by atomic mass is 10.4. The molecule has 5 nitrogen and oxygen atoms in total. The van der Waals surface area contributed by atoms with Crippen molar-refractivity contribution in [1.29, 1.82) is 0 Å². The molecule has 0 atom stereocenters. The van der Waals surface area contributed by atoms with Crippen LogP contribution >= 0.6 is 22.9 Å². The van der Waals surface area contributed by atoms with Gasteiger partial charge in [-0.25, -0.2) is 0 Å². The van der Waals surface area contributed by atoms with Crippen molar-refractivity contribution in [3.05, 3.63) is 21.3 Å². The Hall–Kier alpha value is -1.27. The van der Waals surface area contributed by atoms with E-state index in [0.29, 0.717) is 12.5 Å². The van der Waals surface area contributed by atoms with Crippen LogP contribution in [-0.2, 0) is 11.3 Å². The summed E-state index contributed by atoms with van der Waals surface area (Å²) in [4.78, 5) is 18.9. The van der Waals surface area contributed by atoms with Gasteiger partial charge in [0.15, 0.2) is 5.96 Å². The number of hydrogen-bond donors (Lipinski definition) is 2. The first kappa shape index (κ1) is 16.8. The van der Waals surface area contributed by atoms with Gasteiger partial charge in [0.1, 0.15) is 0 Å². The maximum absolute atomic E-state index is 11.6. The monoisotopic (exact) mass is 316 g/mol. The number of hydrogen-bond acceptors (Lipinski definition) is 3. The van der Waals surface area contributed by atoms with Crippen molar-refractivity contribution in [1.82, 2.24) is 15.5 Å². The van der Waals surface area contributed by atoms with Crippen LogP contribution in [0.25, 0.3) is 0 Å². The average Bonchev–Trinajstić information content (AvgIpc) is 2.74. The van der Waals surface area contributed by atoms with E-state index in [4.69, 9.17) is 11.6 Å². The number of thiophene rings is 1. The first-order valence-corrected chi connectivity index (χ1v) is 7.57. The Labute approximate surface area is 129 Å². The van der Waals surface area contributed by atoms with Gasteiger partial charge in [0.2, 0.25) is 5.91 Å². The molecular weight excluding hydrogens is 296 g/mol. The van der Waals surface area contributed by atoms with E-state index < -0.39 is 0 Å². The summed E-state index contributed by atoms with van der Waals surface area (Å²) >= 11 is 7.45. The van der Waals surface area contributed by atoms with Crippen LogP contribution in [-0.4, -0.2) is 43.4 Å². The van der Waals surface area contributed by atoms with E-state index in [1.165, 1.54) is 11.3 Å². The molecule has 0 aliphatic carbocycles. The zero-order valence-corrected chi connectivity index (χ0v) is 13.8. The summed E-state index contributed by atoms with van der Waals surface area (Å²) in [5, 5.41) is 5.86. The molecule has 0 unspecified atom stereocenters. The topological polar surface area (TPSA) is 56.7 Å². The molecule has 0 aliphatic rings. The van der Waals surface area contributed by atoms with Crippen molar-refractivity contribution in [3.63, 3.8) is 0 Å². The molecule has 0 spiro atoms. The van der Waals surface area contributed by atoms with Crippen LogP contribution in [0.2, 0.25) is 4.34 Å². The number of guanidine groups is 1. The summed E-state index contributed by atoms with van der Waals surface area (Å²) in [6, 6.07) is 4.00. The zero-order chi connectivity index (χ0) is 15.1. The van der Waals surface area contributed by atoms with Crippen LogP contribution in [0.15, 0.2) is 17.1 Å². The Kier molecular flexibility index (Phi) is 6.81. The van der Waals surface area contributed by atoms with E-state index in [2.05, 4.69) is 15.6 Å². The van der Waals surface area contributed by atoms with E-state index in [9.17, 15) is 4.79 Å². The molecule has 7 heteroatoms. The molecule has 20 heavy (non-hydrogen) atoms. The van der Waals surface area contributed by atoms with Crippen molar-refractivity contribution in [2.24, 2.45) is 4.99 Å². The second kappa shape index (κ2) is 8.11. The van der Waals surface area contributed by atoms with Crippen LogP contribution < -0.4 is 10.6 Å². The Bertz CT molecular complexity index is 473. The third-order valence-electron chi connectivity index (χ3n) is 2.45. The highest BCUT2D eigenvalue weighted by molar-refractivity contribution is 7.16. The van der Waals surface area contributed by atoms with E-state index >= 15 is 0 Å². The lowest BCUT2D eigenvalue weighted by molar-refractivity contribution is -0.120. The van der Waals surface area contributed by atoms with E-state index in [1.807, 2.05) is 37.9 Å². The van der Waals surface area contributed by atoms with Gasteiger partial charge in [-0.05, 0) is 26.0 Å². The van der Waals surface area contributed by atoms with Crippen molar-refractivity contribution in [2.75, 3.05) is 20.6 Å². The predicted octanol–water partition coefficient (Wildman–Crippen LogP) is 1.93. The molecule has 0 bridgehead atoms. The van der Waals surface area contributed by atoms with Crippen LogP contribution in [0.5, 0.6) is 0 Å². The molecule has 1 aromatic rings. The molecule has 1 amide bonds. The summed E-state index contributed by atoms with van der Waals surface area (Å²) < 4.78 is 0.771. The van der Waals surface area contributed by atoms with Crippen LogP contribution in [0, 0.1) is 0 Å². The highest BCUT2D eigenvalue weighted by atomic mass is 35.5. The minimum absolute atomic E-state index is 0.0475. The van der Waals surface area contributed by atoms with E-state index in [0.717, 1.165) is 9.21 Å². The highest BCUT2D eigenvalue weighted by Gasteiger charge is 2.10. The number of nitrogens with zero attached hydrogens (tertiary/aromatic N) is 2. The van der Waals surface area contributed by atoms with Gasteiger partial charge in [0, 0.05) is 25.0 Å². The average molecular weight is 317 g/mol. The second-order valence-electron chi connectivity index (χ2n) is 4.68. The molecule has 1 rings (SSSR count). The predicted molar refractivity (Wildman–Crippen MR) is 85.4 cm³/mol. The molecule has 0 aromatic carbocycles. The van der Waals surface area contributed by atoms with Crippen molar-refractivity contribution in [3.8, 4) is 0 Å². The Morgan fingerprint density at radius 1 is 1.50 bits per heavy atom. The van der Waals surface area contributed by atoms with Crippen LogP contribution in [0.4, 0.5) is 0 Å². The second-order valence-corrected chi connectivity index (χ2v) is 6.48. The van der Waals surface area contributed by atoms with Gasteiger partial charge in [-0.15, -0.1) is 11.3 Å². The third kappa shape index (κ3) is 5.79. The molecule has 0 saturated carbocycles. The lowest BCUT2D eigenvalue weighted by Crippen LogP contribution is -2.44. The van der Waals surface area contributed by atoms with E-state index in [1.54, 1.807) is 7.05 Å². The summed E-state index contributed by atoms with van der Waals surface area (Å²) in [5.74, 6) is 0.627. The third-order valence-corrected chi connectivity index (χ3v) is 3.67. The number of carbonyl (C=O) groups excluding carboxylic acids is 1. The van der Waals surface area contributed by atoms with Crippen molar-refractivity contribution >= 4 is 34.8 Å². The molecule has 0 aliphatic heterocycles. The number of amides is 1. The smallest absolute Gasteiger partial charge is 0.239 e. The molecule has 0 saturated heterocycles. The fourth-order valence-corrected chi connectivity index (χ4v) is 2.80. The number of nitrogens with one attached hydrogen (secondary N) is 2. The van der Waals surface area contributed by atoms with Gasteiger partial charge in [-0.1, -0.05) is 11.6 Å². The number of halogens is 1. The fraction of sp³-hybridized carbons (Fsp3) is 0.538. The van der Waals surface area contributed by atoms with Crippen molar-refractivity contribution in [2.45, 2.75) is 26.4 Å². The minimum Gasteiger partial charge on any atom is -0.352 e. The van der Waals surface area contributed by atoms with Gasteiger partial charge in [0.25, 0.3) is 0 Å². The van der Waals surface area contributed by atoms with E-state index in [-0.39, 0.29) is 18.5 Å². The summed E-state index contributed by atoms with van der Waals surface area (Å²) in [6.45, 7) is 4.77. The first-order chi connectivity index (χ1) is 9.42. The number of aliphatic imine (C=N–C) groups is 1. The van der Waals surface area contributed by atoms with Gasteiger partial charge in [-0.2, -0.15) is 0 Å². The molecule has 0 radical (unpaired) electrons. The standard InChI is InChI=1S/C13H21ClN4OS/c1-9(2)17-12(19)7-16-13(15-3)18(4)8-10-5-6-11(14)20-10/h5-6,9H,7-8H2,1-4H3,(H,15,16)(H,17,19). The fourth-order valence-electron chi connectivity index (χ4n) is 1.66. The molecule has 112 valence electrons. The van der Waals surface area contributed by atoms with Crippen LogP contribution in [0.1, 0.15) is 18.7 Å². The summed E-state index contributed by atoms with van der Waals surface area (Å²) in [5.41, 5.74) is 0. The molecule has 2 N–H and O–H groups in total. The van der Waals surface area contributed by atoms with Gasteiger partial charge in [0.05, 0.1) is 17.4 Å². The minimum atomic E-state index is -0.0475. The molecule has 1 heterocycles. The SMILES string of the molecule is CN=C(NCC(=O)NC(C)C)N(C)Cc1ccc(Cl)s1. The maximum Gasteiger partial charge on any atom is 0.239 e. The molecular formula is C13H21ClN4OS. The Morgan fingerprint density at radius 3 is 2.70 bits per heavy atom. The Morgan fingerprint density at radius 2 is 2.20 bits per heavy atom. The first-order valence-electron chi connectivity index (χ1n) is 6.37. The number of carbonyl (C=O) groups is 1. The Balaban J connectivity index is 2.47. The zero-order valence-electron chi connectivity index (χ0n) is 12.2. The van der Waals surface area contributed by atoms with Gasteiger partial charge < -0.3 is 15.5 Å². The molecule has 1 aromatic heterocycles. The summed E-state index contributed by atoms with van der Waals surface area (Å²) in [7, 11) is 3.61. The quantitative estimate of drug-likeness (QED) is 0.645. The largest absolute Gasteiger partial charge is 0.352 e. The van der Waals surface area contributed by atoms with Gasteiger partial charge >= 0.3 is 0 Å². The maximum atomic E-state index is 11.6. The highest BCUT2D eigenvalue weighted by Crippen LogP contribution is 2.22. The normalized spacial score (nSPS) is 11.6.